The molecule has 0 radical (unpaired) electrons. The zero-order valence-electron chi connectivity index (χ0n) is 26.4. The van der Waals surface area contributed by atoms with Gasteiger partial charge in [-0.1, -0.05) is 42.2 Å². The Labute approximate surface area is 280 Å². The number of anilines is 1. The Morgan fingerprint density at radius 1 is 0.854 bits per heavy atom. The summed E-state index contributed by atoms with van der Waals surface area (Å²) in [5.41, 5.74) is 3.66. The van der Waals surface area contributed by atoms with Gasteiger partial charge in [-0.3, -0.25) is 14.6 Å². The van der Waals surface area contributed by atoms with Crippen LogP contribution in [-0.4, -0.2) is 69.2 Å². The van der Waals surface area contributed by atoms with Crippen molar-refractivity contribution in [3.05, 3.63) is 125 Å². The molecule has 0 aliphatic carbocycles. The summed E-state index contributed by atoms with van der Waals surface area (Å²) in [6.45, 7) is 2.94. The molecule has 2 aliphatic heterocycles. The van der Waals surface area contributed by atoms with Crippen LogP contribution in [0.25, 0.3) is 0 Å². The number of carbonyl (C=O) groups is 2. The number of carbonyl (C=O) groups excluding carboxylic acids is 2. The topological polar surface area (TPSA) is 118 Å². The van der Waals surface area contributed by atoms with Crippen molar-refractivity contribution in [3.8, 4) is 17.6 Å². The average Bonchev–Trinajstić information content (AvgIpc) is 3.12. The molecule has 0 saturated carbocycles. The molecule has 11 heteroatoms. The summed E-state index contributed by atoms with van der Waals surface area (Å²) < 4.78 is 38.6. The summed E-state index contributed by atoms with van der Waals surface area (Å²) in [5.74, 6) is 5.91. The van der Waals surface area contributed by atoms with Crippen LogP contribution in [0.3, 0.4) is 0 Å². The van der Waals surface area contributed by atoms with E-state index >= 15 is 0 Å². The van der Waals surface area contributed by atoms with Crippen molar-refractivity contribution in [2.75, 3.05) is 37.7 Å². The first kappa shape index (κ1) is 32.7. The molecule has 1 N–H and O–H groups in total. The normalized spacial score (nSPS) is 16.4. The first-order chi connectivity index (χ1) is 23.3. The minimum Gasteiger partial charge on any atom is -0.465 e. The molecule has 1 unspecified atom stereocenters. The highest BCUT2D eigenvalue weighted by molar-refractivity contribution is 7.89. The van der Waals surface area contributed by atoms with Crippen molar-refractivity contribution in [1.82, 2.24) is 14.6 Å². The van der Waals surface area contributed by atoms with Gasteiger partial charge in [0.25, 0.3) is 11.8 Å². The lowest BCUT2D eigenvalue weighted by Crippen LogP contribution is -2.48. The molecule has 0 spiro atoms. The van der Waals surface area contributed by atoms with E-state index in [1.165, 1.54) is 0 Å². The number of piperazine rings is 1. The van der Waals surface area contributed by atoms with Gasteiger partial charge in [-0.25, -0.2) is 13.1 Å². The highest BCUT2D eigenvalue weighted by Gasteiger charge is 2.23. The number of sulfonamides is 1. The third-order valence-corrected chi connectivity index (χ3v) is 9.32. The fourth-order valence-corrected chi connectivity index (χ4v) is 6.65. The molecule has 1 aromatic heterocycles. The van der Waals surface area contributed by atoms with Gasteiger partial charge in [0.05, 0.1) is 17.9 Å². The Hall–Kier alpha value is -5.18. The largest absolute Gasteiger partial charge is 0.465 e. The van der Waals surface area contributed by atoms with Crippen LogP contribution in [0.4, 0.5) is 5.69 Å². The minimum atomic E-state index is -3.84. The predicted octanol–water partition coefficient (Wildman–Crippen LogP) is 4.61. The van der Waals surface area contributed by atoms with E-state index in [2.05, 4.69) is 26.4 Å². The van der Waals surface area contributed by atoms with Crippen LogP contribution in [0, 0.1) is 11.8 Å². The molecule has 3 aromatic carbocycles. The monoisotopic (exact) mass is 664 g/mol. The van der Waals surface area contributed by atoms with Crippen molar-refractivity contribution < 1.29 is 27.5 Å². The lowest BCUT2D eigenvalue weighted by Gasteiger charge is -2.36. The van der Waals surface area contributed by atoms with E-state index in [9.17, 15) is 18.0 Å². The first-order valence-corrected chi connectivity index (χ1v) is 17.5. The maximum atomic E-state index is 13.3. The summed E-state index contributed by atoms with van der Waals surface area (Å²) in [6.07, 6.45) is 6.07. The van der Waals surface area contributed by atoms with Crippen molar-refractivity contribution in [3.63, 3.8) is 0 Å². The molecule has 0 bridgehead atoms. The van der Waals surface area contributed by atoms with Crippen LogP contribution < -0.4 is 14.4 Å². The third-order valence-electron chi connectivity index (χ3n) is 8.11. The van der Waals surface area contributed by atoms with E-state index in [0.717, 1.165) is 42.9 Å². The number of nitrogens with zero attached hydrogens (tertiary/aromatic N) is 3. The quantitative estimate of drug-likeness (QED) is 0.272. The van der Waals surface area contributed by atoms with Gasteiger partial charge >= 0.3 is 0 Å². The van der Waals surface area contributed by atoms with Crippen molar-refractivity contribution in [2.24, 2.45) is 0 Å². The van der Waals surface area contributed by atoms with Gasteiger partial charge in [0.15, 0.2) is 6.29 Å². The number of amides is 2. The van der Waals surface area contributed by atoms with Crippen LogP contribution >= 0.6 is 0 Å². The van der Waals surface area contributed by atoms with Gasteiger partial charge in [-0.2, -0.15) is 0 Å². The smallest absolute Gasteiger partial charge is 0.264 e. The highest BCUT2D eigenvalue weighted by atomic mass is 32.2. The third kappa shape index (κ3) is 8.79. The first-order valence-electron chi connectivity index (χ1n) is 15.9. The van der Waals surface area contributed by atoms with Gasteiger partial charge in [0.2, 0.25) is 10.0 Å². The predicted molar refractivity (Wildman–Crippen MR) is 182 cm³/mol. The van der Waals surface area contributed by atoms with E-state index in [4.69, 9.17) is 9.47 Å². The Morgan fingerprint density at radius 3 is 2.29 bits per heavy atom. The number of hydrogen-bond donors (Lipinski definition) is 1. The van der Waals surface area contributed by atoms with Crippen molar-refractivity contribution in [2.45, 2.75) is 31.3 Å². The van der Waals surface area contributed by atoms with Crippen molar-refractivity contribution >= 4 is 27.5 Å². The number of hydrogen-bond acceptors (Lipinski definition) is 8. The number of pyridine rings is 1. The van der Waals surface area contributed by atoms with E-state index in [0.29, 0.717) is 42.9 Å². The molecule has 2 fully saturated rings. The molecule has 1 atom stereocenters. The molecule has 3 heterocycles. The SMILES string of the molecule is O=C(NS(=O)(=O)Cc1ccccc1)c1ccc(N2CCN(C(=O)c3cncc(C#Cc4ccc(OC5CCCCO5)cc4)c3)CC2)cc1. The molecule has 10 nitrogen and oxygen atoms in total. The van der Waals surface area contributed by atoms with E-state index < -0.39 is 15.9 Å². The summed E-state index contributed by atoms with van der Waals surface area (Å²) in [7, 11) is -3.84. The number of benzene rings is 3. The molecule has 2 amide bonds. The van der Waals surface area contributed by atoms with E-state index in [1.807, 2.05) is 24.3 Å². The molecule has 2 saturated heterocycles. The van der Waals surface area contributed by atoms with Crippen LogP contribution in [-0.2, 0) is 20.5 Å². The lowest BCUT2D eigenvalue weighted by molar-refractivity contribution is -0.105. The van der Waals surface area contributed by atoms with E-state index in [1.54, 1.807) is 78.0 Å². The summed E-state index contributed by atoms with van der Waals surface area (Å²) in [4.78, 5) is 34.1. The number of aromatic nitrogens is 1. The number of rotatable bonds is 8. The summed E-state index contributed by atoms with van der Waals surface area (Å²) in [6, 6.07) is 24.8. The Balaban J connectivity index is 0.997. The minimum absolute atomic E-state index is 0.110. The fraction of sp³-hybridized carbons (Fsp3) is 0.270. The molecule has 48 heavy (non-hydrogen) atoms. The summed E-state index contributed by atoms with van der Waals surface area (Å²) in [5, 5.41) is 0. The van der Waals surface area contributed by atoms with Gasteiger partial charge in [-0.15, -0.1) is 0 Å². The second-order valence-corrected chi connectivity index (χ2v) is 13.4. The van der Waals surface area contributed by atoms with Crippen LogP contribution in [0.2, 0.25) is 0 Å². The molecular formula is C37H36N4O6S. The Bertz CT molecular complexity index is 1890. The van der Waals surface area contributed by atoms with Crippen LogP contribution in [0.15, 0.2) is 97.3 Å². The molecule has 4 aromatic rings. The van der Waals surface area contributed by atoms with Gasteiger partial charge in [-0.05, 0) is 73.0 Å². The zero-order chi connectivity index (χ0) is 33.3. The molecule has 6 rings (SSSR count). The maximum Gasteiger partial charge on any atom is 0.264 e. The van der Waals surface area contributed by atoms with Crippen molar-refractivity contribution in [1.29, 1.82) is 0 Å². The lowest BCUT2D eigenvalue weighted by atomic mass is 10.1. The maximum absolute atomic E-state index is 13.3. The standard InChI is InChI=1S/C37H36N4O6S/c42-36(39-48(44,45)27-29-6-2-1-3-7-29)31-13-15-33(16-14-31)40-19-21-41(22-20-40)37(43)32-24-30(25-38-26-32)10-9-28-11-17-34(18-12-28)47-35-8-4-5-23-46-35/h1-3,6-7,11-18,24-26,35H,4-5,8,19-23,27H2,(H,39,42). The van der Waals surface area contributed by atoms with Gasteiger partial charge < -0.3 is 19.3 Å². The molecule has 246 valence electrons. The second-order valence-electron chi connectivity index (χ2n) is 11.7. The zero-order valence-corrected chi connectivity index (χ0v) is 27.2. The average molecular weight is 665 g/mol. The van der Waals surface area contributed by atoms with Gasteiger partial charge in [0.1, 0.15) is 5.75 Å². The van der Waals surface area contributed by atoms with Crippen LogP contribution in [0.5, 0.6) is 5.75 Å². The Morgan fingerprint density at radius 2 is 1.58 bits per heavy atom. The fourth-order valence-electron chi connectivity index (χ4n) is 5.55. The number of ether oxygens (including phenoxy) is 2. The van der Waals surface area contributed by atoms with E-state index in [-0.39, 0.29) is 23.5 Å². The Kier molecular flexibility index (Phi) is 10.3. The second kappa shape index (κ2) is 15.2. The molecular weight excluding hydrogens is 628 g/mol. The summed E-state index contributed by atoms with van der Waals surface area (Å²) >= 11 is 0. The highest BCUT2D eigenvalue weighted by Crippen LogP contribution is 2.21. The van der Waals surface area contributed by atoms with Gasteiger partial charge in [0, 0.05) is 67.4 Å². The number of nitrogens with one attached hydrogen (secondary N) is 1. The van der Waals surface area contributed by atoms with Crippen LogP contribution in [0.1, 0.15) is 56.7 Å². The molecule has 2 aliphatic rings.